The van der Waals surface area contributed by atoms with Crippen molar-refractivity contribution >= 4 is 11.4 Å². The topological polar surface area (TPSA) is 50.3 Å². The van der Waals surface area contributed by atoms with Gasteiger partial charge in [-0.3, -0.25) is 9.97 Å². The van der Waals surface area contributed by atoms with E-state index in [2.05, 4.69) is 44.5 Å². The normalized spacial score (nSPS) is 26.0. The van der Waals surface area contributed by atoms with Gasteiger partial charge in [-0.05, 0) is 66.6 Å². The van der Waals surface area contributed by atoms with Crippen LogP contribution in [0.25, 0.3) is 0 Å². The van der Waals surface area contributed by atoms with E-state index in [9.17, 15) is 0 Å². The minimum Gasteiger partial charge on any atom is -0.497 e. The van der Waals surface area contributed by atoms with E-state index in [1.54, 1.807) is 7.11 Å². The van der Waals surface area contributed by atoms with E-state index in [4.69, 9.17) is 4.74 Å². The SMILES string of the molecule is COc1ccc(CN2CC3CC3c3ncccc32)cc1.c1cnc2c(c1)NCC1CC21. The number of hydrogen-bond acceptors (Lipinski definition) is 5. The Morgan fingerprint density at radius 3 is 2.52 bits per heavy atom. The minimum absolute atomic E-state index is 0.721. The molecule has 31 heavy (non-hydrogen) atoms. The summed E-state index contributed by atoms with van der Waals surface area (Å²) in [7, 11) is 1.70. The smallest absolute Gasteiger partial charge is 0.118 e. The van der Waals surface area contributed by atoms with Crippen LogP contribution in [0.3, 0.4) is 0 Å². The molecule has 1 aromatic carbocycles. The third kappa shape index (κ3) is 3.62. The molecule has 3 aromatic rings. The molecule has 0 bridgehead atoms. The lowest BCUT2D eigenvalue weighted by Crippen LogP contribution is -2.29. The van der Waals surface area contributed by atoms with Crippen molar-refractivity contribution in [1.82, 2.24) is 9.97 Å². The van der Waals surface area contributed by atoms with Gasteiger partial charge in [0.05, 0.1) is 29.9 Å². The van der Waals surface area contributed by atoms with Crippen molar-refractivity contribution in [3.63, 3.8) is 0 Å². The molecule has 4 atom stereocenters. The number of aromatic nitrogens is 2. The number of nitrogens with zero attached hydrogens (tertiary/aromatic N) is 3. The monoisotopic (exact) mass is 412 g/mol. The van der Waals surface area contributed by atoms with E-state index >= 15 is 0 Å². The van der Waals surface area contributed by atoms with Crippen molar-refractivity contribution in [2.24, 2.45) is 11.8 Å². The highest BCUT2D eigenvalue weighted by Crippen LogP contribution is 2.54. The highest BCUT2D eigenvalue weighted by molar-refractivity contribution is 5.57. The van der Waals surface area contributed by atoms with Crippen LogP contribution in [0.2, 0.25) is 0 Å². The standard InChI is InChI=1S/C17H18N2O.C9H10N2/c1-20-14-6-4-12(5-7-14)10-19-11-13-9-15(13)17-16(19)3-2-8-18-17;1-2-8-9(10-3-1)7-4-6(7)5-11-8/h2-8,13,15H,9-11H2,1H3;1-3,6-7,11H,4-5H2. The molecule has 4 aliphatic rings. The lowest BCUT2D eigenvalue weighted by molar-refractivity contribution is 0.414. The van der Waals surface area contributed by atoms with Gasteiger partial charge in [0, 0.05) is 43.9 Å². The third-order valence-corrected chi connectivity index (χ3v) is 7.09. The molecular weight excluding hydrogens is 384 g/mol. The first-order valence-corrected chi connectivity index (χ1v) is 11.3. The van der Waals surface area contributed by atoms with Crippen LogP contribution in [0.1, 0.15) is 41.6 Å². The van der Waals surface area contributed by atoms with Crippen LogP contribution < -0.4 is 15.0 Å². The number of ether oxygens (including phenoxy) is 1. The summed E-state index contributed by atoms with van der Waals surface area (Å²) in [5.74, 6) is 4.12. The number of anilines is 2. The summed E-state index contributed by atoms with van der Waals surface area (Å²) in [4.78, 5) is 11.4. The summed E-state index contributed by atoms with van der Waals surface area (Å²) in [6, 6.07) is 16.7. The second kappa shape index (κ2) is 7.56. The maximum atomic E-state index is 5.22. The zero-order chi connectivity index (χ0) is 20.8. The Balaban J connectivity index is 0.000000141. The number of hydrogen-bond donors (Lipinski definition) is 1. The Bertz CT molecular complexity index is 1080. The Morgan fingerprint density at radius 1 is 0.935 bits per heavy atom. The molecule has 0 amide bonds. The Hall–Kier alpha value is -3.08. The van der Waals surface area contributed by atoms with E-state index in [0.29, 0.717) is 0 Å². The van der Waals surface area contributed by atoms with Crippen molar-refractivity contribution in [2.75, 3.05) is 30.4 Å². The number of benzene rings is 1. The summed E-state index contributed by atoms with van der Waals surface area (Å²) < 4.78 is 5.22. The molecule has 4 unspecified atom stereocenters. The molecule has 2 aromatic heterocycles. The van der Waals surface area contributed by atoms with Gasteiger partial charge in [0.25, 0.3) is 0 Å². The van der Waals surface area contributed by atoms with E-state index in [1.807, 2.05) is 36.7 Å². The van der Waals surface area contributed by atoms with Crippen molar-refractivity contribution in [3.05, 3.63) is 77.9 Å². The lowest BCUT2D eigenvalue weighted by atomic mass is 10.1. The van der Waals surface area contributed by atoms with Crippen LogP contribution in [-0.2, 0) is 6.54 Å². The Morgan fingerprint density at radius 2 is 1.68 bits per heavy atom. The maximum Gasteiger partial charge on any atom is 0.118 e. The molecule has 5 heteroatoms. The number of pyridine rings is 2. The fourth-order valence-corrected chi connectivity index (χ4v) is 5.14. The summed E-state index contributed by atoms with van der Waals surface area (Å²) in [5.41, 5.74) is 6.49. The number of fused-ring (bicyclic) bond motifs is 6. The van der Waals surface area contributed by atoms with Gasteiger partial charge < -0.3 is 15.0 Å². The number of methoxy groups -OCH3 is 1. The van der Waals surface area contributed by atoms with Gasteiger partial charge in [-0.15, -0.1) is 0 Å². The zero-order valence-corrected chi connectivity index (χ0v) is 17.9. The highest BCUT2D eigenvalue weighted by Gasteiger charge is 2.46. The molecule has 158 valence electrons. The molecule has 2 fully saturated rings. The van der Waals surface area contributed by atoms with Gasteiger partial charge in [-0.2, -0.15) is 0 Å². The first kappa shape index (κ1) is 18.7. The van der Waals surface area contributed by atoms with E-state index in [0.717, 1.165) is 49.1 Å². The molecule has 7 rings (SSSR count). The van der Waals surface area contributed by atoms with Gasteiger partial charge in [0.1, 0.15) is 5.75 Å². The van der Waals surface area contributed by atoms with Crippen molar-refractivity contribution in [1.29, 1.82) is 0 Å². The van der Waals surface area contributed by atoms with E-state index < -0.39 is 0 Å². The predicted octanol–water partition coefficient (Wildman–Crippen LogP) is 4.82. The van der Waals surface area contributed by atoms with Crippen LogP contribution in [0.15, 0.2) is 60.9 Å². The van der Waals surface area contributed by atoms with Crippen LogP contribution in [-0.4, -0.2) is 30.2 Å². The fourth-order valence-electron chi connectivity index (χ4n) is 5.14. The molecule has 1 N–H and O–H groups in total. The van der Waals surface area contributed by atoms with Crippen molar-refractivity contribution < 1.29 is 4.74 Å². The molecule has 0 spiro atoms. The number of nitrogens with one attached hydrogen (secondary N) is 1. The second-order valence-corrected chi connectivity index (χ2v) is 9.16. The van der Waals surface area contributed by atoms with Crippen molar-refractivity contribution in [3.8, 4) is 5.75 Å². The minimum atomic E-state index is 0.721. The van der Waals surface area contributed by atoms with Gasteiger partial charge in [-0.1, -0.05) is 12.1 Å². The molecule has 0 radical (unpaired) electrons. The molecule has 2 aliphatic heterocycles. The van der Waals surface area contributed by atoms with Crippen molar-refractivity contribution in [2.45, 2.75) is 31.2 Å². The average Bonchev–Trinajstić information content (AvgIpc) is 3.74. The van der Waals surface area contributed by atoms with Crippen LogP contribution in [0.4, 0.5) is 11.4 Å². The largest absolute Gasteiger partial charge is 0.497 e. The molecule has 2 aliphatic carbocycles. The lowest BCUT2D eigenvalue weighted by Gasteiger charge is -2.30. The quantitative estimate of drug-likeness (QED) is 0.668. The molecule has 4 heterocycles. The van der Waals surface area contributed by atoms with Gasteiger partial charge in [0.15, 0.2) is 0 Å². The summed E-state index contributed by atoms with van der Waals surface area (Å²) in [5, 5.41) is 3.39. The number of rotatable bonds is 3. The second-order valence-electron chi connectivity index (χ2n) is 9.16. The predicted molar refractivity (Wildman–Crippen MR) is 123 cm³/mol. The van der Waals surface area contributed by atoms with Crippen LogP contribution in [0, 0.1) is 11.8 Å². The first-order chi connectivity index (χ1) is 15.3. The summed E-state index contributed by atoms with van der Waals surface area (Å²) >= 11 is 0. The van der Waals surface area contributed by atoms with Gasteiger partial charge in [-0.25, -0.2) is 0 Å². The maximum absolute atomic E-state index is 5.22. The highest BCUT2D eigenvalue weighted by atomic mass is 16.5. The molecule has 0 saturated heterocycles. The van der Waals surface area contributed by atoms with E-state index in [1.165, 1.54) is 41.2 Å². The van der Waals surface area contributed by atoms with Gasteiger partial charge in [0.2, 0.25) is 0 Å². The average molecular weight is 413 g/mol. The fraction of sp³-hybridized carbons (Fsp3) is 0.385. The molecule has 5 nitrogen and oxygen atoms in total. The molecule has 2 saturated carbocycles. The first-order valence-electron chi connectivity index (χ1n) is 11.3. The van der Waals surface area contributed by atoms with Crippen LogP contribution in [0.5, 0.6) is 5.75 Å². The summed E-state index contributed by atoms with van der Waals surface area (Å²) in [6.07, 6.45) is 6.46. The molecular formula is C26H28N4O. The third-order valence-electron chi connectivity index (χ3n) is 7.09. The van der Waals surface area contributed by atoms with Gasteiger partial charge >= 0.3 is 0 Å². The zero-order valence-electron chi connectivity index (χ0n) is 17.9. The van der Waals surface area contributed by atoms with Crippen LogP contribution >= 0.6 is 0 Å². The summed E-state index contributed by atoms with van der Waals surface area (Å²) in [6.45, 7) is 3.27. The Kier molecular flexibility index (Phi) is 4.55. The Labute approximate surface area is 183 Å². The van der Waals surface area contributed by atoms with E-state index in [-0.39, 0.29) is 0 Å².